The van der Waals surface area contributed by atoms with Crippen molar-refractivity contribution in [1.82, 2.24) is 19.6 Å². The van der Waals surface area contributed by atoms with E-state index in [1.54, 1.807) is 19.6 Å². The lowest BCUT2D eigenvalue weighted by molar-refractivity contribution is -0.147. The highest BCUT2D eigenvalue weighted by Crippen LogP contribution is 2.62. The Kier molecular flexibility index (Phi) is 28.9. The molecule has 4 aliphatic heterocycles. The number of carbonyl (C=O) groups is 8. The van der Waals surface area contributed by atoms with E-state index in [4.69, 9.17) is 56.8 Å². The van der Waals surface area contributed by atoms with Gasteiger partial charge in [0.2, 0.25) is 0 Å². The van der Waals surface area contributed by atoms with Gasteiger partial charge >= 0.3 is 48.3 Å². The molecule has 112 heavy (non-hydrogen) atoms. The van der Waals surface area contributed by atoms with Gasteiger partial charge in [-0.2, -0.15) is 0 Å². The van der Waals surface area contributed by atoms with Crippen LogP contribution in [0.2, 0.25) is 0 Å². The smallest absolute Gasteiger partial charge is 0.410 e. The minimum Gasteiger partial charge on any atom is -0.466 e. The van der Waals surface area contributed by atoms with Crippen LogP contribution < -0.4 is 0 Å². The number of esters is 4. The normalized spacial score (nSPS) is 29.2. The summed E-state index contributed by atoms with van der Waals surface area (Å²) in [5.41, 5.74) is 3.98. The molecule has 4 amide bonds. The molecule has 12 aliphatic rings. The van der Waals surface area contributed by atoms with E-state index in [1.165, 1.54) is 0 Å². The van der Waals surface area contributed by atoms with Gasteiger partial charge in [-0.25, -0.2) is 19.2 Å². The molecule has 0 aromatic heterocycles. The number of nitrogens with zero attached hydrogens (tertiary/aromatic N) is 4. The summed E-state index contributed by atoms with van der Waals surface area (Å²) < 4.78 is 67.3. The predicted octanol–water partition coefficient (Wildman–Crippen LogP) is 13.6. The van der Waals surface area contributed by atoms with Crippen LogP contribution >= 0.6 is 0 Å². The lowest BCUT2D eigenvalue weighted by Crippen LogP contribution is -2.42. The van der Waals surface area contributed by atoms with E-state index in [2.05, 4.69) is 0 Å². The molecule has 4 heterocycles. The van der Waals surface area contributed by atoms with E-state index < -0.39 is 0 Å². The Morgan fingerprint density at radius 3 is 0.580 bits per heavy atom. The molecule has 0 N–H and O–H groups in total. The summed E-state index contributed by atoms with van der Waals surface area (Å²) in [6, 6.07) is 38.9. The first-order chi connectivity index (χ1) is 54.6. The topological polar surface area (TPSA) is 260 Å². The van der Waals surface area contributed by atoms with Gasteiger partial charge in [-0.3, -0.25) is 19.2 Å². The van der Waals surface area contributed by atoms with Crippen LogP contribution in [-0.2, 0) is 102 Å². The van der Waals surface area contributed by atoms with Gasteiger partial charge in [0.1, 0.15) is 26.4 Å². The number of piperidine rings is 4. The Balaban J connectivity index is 0.000000131. The predicted molar refractivity (Wildman–Crippen MR) is 410 cm³/mol. The summed E-state index contributed by atoms with van der Waals surface area (Å²) in [6.45, 7) is 15.8. The van der Waals surface area contributed by atoms with E-state index in [-0.39, 0.29) is 121 Å². The molecule has 0 radical (unpaired) electrons. The number of likely N-dealkylation sites (tertiary alicyclic amines) is 4. The zero-order valence-corrected chi connectivity index (χ0v) is 65.7. The number of amides is 4. The second-order valence-corrected chi connectivity index (χ2v) is 32.2. The van der Waals surface area contributed by atoms with Crippen molar-refractivity contribution in [3.05, 3.63) is 144 Å². The van der Waals surface area contributed by atoms with E-state index >= 15 is 0 Å². The van der Waals surface area contributed by atoms with E-state index in [9.17, 15) is 38.4 Å². The highest BCUT2D eigenvalue weighted by Gasteiger charge is 2.64. The highest BCUT2D eigenvalue weighted by molar-refractivity contribution is 5.78. The standard InChI is InChI=1S/4C22H29NO5/c4*1-2-26-21(24)20-18-12-17(13-19(18)20)28-16-8-10-23(11-9-16)22(25)27-14-15-6-4-3-5-7-15/h4*3-7,16-20H,2,8-14H2,1H3/t4*17?,18-,19+,20?. The second-order valence-electron chi connectivity index (χ2n) is 32.2. The van der Waals surface area contributed by atoms with Gasteiger partial charge in [0.05, 0.1) is 98.9 Å². The lowest BCUT2D eigenvalue weighted by Gasteiger charge is -2.33. The fourth-order valence-corrected chi connectivity index (χ4v) is 19.0. The van der Waals surface area contributed by atoms with Crippen LogP contribution in [0.4, 0.5) is 19.2 Å². The molecule has 4 aromatic carbocycles. The average molecular weight is 1550 g/mol. The summed E-state index contributed by atoms with van der Waals surface area (Å²) in [4.78, 5) is 103. The molecule has 12 fully saturated rings. The first-order valence-corrected chi connectivity index (χ1v) is 41.7. The van der Waals surface area contributed by atoms with Gasteiger partial charge < -0.3 is 76.4 Å². The Morgan fingerprint density at radius 1 is 0.250 bits per heavy atom. The Bertz CT molecular complexity index is 3170. The highest BCUT2D eigenvalue weighted by atomic mass is 16.6. The molecule has 4 saturated heterocycles. The van der Waals surface area contributed by atoms with Crippen LogP contribution in [0, 0.1) is 71.0 Å². The van der Waals surface area contributed by atoms with Crippen LogP contribution in [0.25, 0.3) is 0 Å². The zero-order valence-electron chi connectivity index (χ0n) is 65.7. The van der Waals surface area contributed by atoms with Crippen molar-refractivity contribution >= 4 is 48.3 Å². The largest absolute Gasteiger partial charge is 0.466 e. The molecule has 8 saturated carbocycles. The zero-order chi connectivity index (χ0) is 78.0. The lowest BCUT2D eigenvalue weighted by atomic mass is 10.1. The molecule has 608 valence electrons. The number of hydrogen-bond donors (Lipinski definition) is 0. The molecule has 0 spiro atoms. The van der Waals surface area contributed by atoms with E-state index in [0.29, 0.717) is 153 Å². The SMILES string of the molecule is CCOC(=O)C1[C@H]2CC(OC3CCN(C(=O)OCc4ccccc4)CC3)C[C@@H]12.CCOC(=O)C1[C@H]2CC(OC3CCN(C(=O)OCc4ccccc4)CC3)C[C@@H]12.CCOC(=O)C1[C@H]2CC(OC3CCN(C(=O)OCc4ccccc4)CC3)C[C@@H]12.CCOC(=O)C1[C@H]2CC(OC3CCN(C(=O)OCc4ccccc4)CC3)C[C@@H]12. The molecule has 24 heteroatoms. The number of fused-ring (bicyclic) bond motifs is 4. The van der Waals surface area contributed by atoms with Crippen molar-refractivity contribution < 1.29 is 95.2 Å². The monoisotopic (exact) mass is 1550 g/mol. The van der Waals surface area contributed by atoms with Gasteiger partial charge in [0.15, 0.2) is 0 Å². The van der Waals surface area contributed by atoms with Crippen LogP contribution in [-0.4, -0.2) is 195 Å². The number of benzene rings is 4. The Labute approximate surface area is 659 Å². The quantitative estimate of drug-likeness (QED) is 0.0466. The molecule has 8 unspecified atom stereocenters. The van der Waals surface area contributed by atoms with Gasteiger partial charge in [0.25, 0.3) is 0 Å². The fourth-order valence-electron chi connectivity index (χ4n) is 19.0. The van der Waals surface area contributed by atoms with Crippen molar-refractivity contribution in [2.75, 3.05) is 78.8 Å². The van der Waals surface area contributed by atoms with Crippen molar-refractivity contribution in [2.24, 2.45) is 71.0 Å². The molecular weight excluding hydrogens is 1430 g/mol. The van der Waals surface area contributed by atoms with Gasteiger partial charge in [-0.15, -0.1) is 0 Å². The van der Waals surface area contributed by atoms with Crippen molar-refractivity contribution in [2.45, 2.75) is 206 Å². The maximum Gasteiger partial charge on any atom is 0.410 e. The minimum absolute atomic E-state index is 0.0294. The fraction of sp³-hybridized carbons (Fsp3) is 0.636. The van der Waals surface area contributed by atoms with Crippen molar-refractivity contribution in [3.63, 3.8) is 0 Å². The third-order valence-corrected chi connectivity index (χ3v) is 25.0. The molecule has 16 rings (SSSR count). The third-order valence-electron chi connectivity index (χ3n) is 25.0. The maximum absolute atomic E-state index is 12.2. The summed E-state index contributed by atoms with van der Waals surface area (Å²) in [5, 5.41) is 0. The van der Waals surface area contributed by atoms with Crippen molar-refractivity contribution in [3.8, 4) is 0 Å². The summed E-state index contributed by atoms with van der Waals surface area (Å²) in [7, 11) is 0. The van der Waals surface area contributed by atoms with Crippen LogP contribution in [0.15, 0.2) is 121 Å². The first-order valence-electron chi connectivity index (χ1n) is 41.7. The summed E-state index contributed by atoms with van der Waals surface area (Å²) in [5.74, 6) is 3.98. The van der Waals surface area contributed by atoms with E-state index in [0.717, 1.165) is 125 Å². The first kappa shape index (κ1) is 81.7. The maximum atomic E-state index is 12.2. The van der Waals surface area contributed by atoms with E-state index in [1.807, 2.05) is 149 Å². The minimum atomic E-state index is -0.248. The van der Waals surface area contributed by atoms with Crippen LogP contribution in [0.5, 0.6) is 0 Å². The number of ether oxygens (including phenoxy) is 12. The van der Waals surface area contributed by atoms with Gasteiger partial charge in [-0.05, 0) is 200 Å². The summed E-state index contributed by atoms with van der Waals surface area (Å²) >= 11 is 0. The molecule has 16 atom stereocenters. The Hall–Kier alpha value is -8.32. The third kappa shape index (κ3) is 22.2. The average Bonchev–Trinajstić information content (AvgIpc) is 1.60. The van der Waals surface area contributed by atoms with Crippen LogP contribution in [0.3, 0.4) is 0 Å². The number of carbonyl (C=O) groups excluding carboxylic acids is 8. The van der Waals surface area contributed by atoms with Gasteiger partial charge in [0, 0.05) is 52.4 Å². The molecular formula is C88H116N4O20. The van der Waals surface area contributed by atoms with Crippen molar-refractivity contribution in [1.29, 1.82) is 0 Å². The second kappa shape index (κ2) is 39.6. The molecule has 8 aliphatic carbocycles. The van der Waals surface area contributed by atoms with Gasteiger partial charge in [-0.1, -0.05) is 121 Å². The van der Waals surface area contributed by atoms with Crippen LogP contribution in [0.1, 0.15) is 153 Å². The molecule has 24 nitrogen and oxygen atoms in total. The number of hydrogen-bond acceptors (Lipinski definition) is 20. The molecule has 4 aromatic rings. The number of rotatable bonds is 24. The summed E-state index contributed by atoms with van der Waals surface area (Å²) in [6.07, 6.45) is 15.3. The molecule has 0 bridgehead atoms. The Morgan fingerprint density at radius 2 is 0.420 bits per heavy atom.